The lowest BCUT2D eigenvalue weighted by Gasteiger charge is -2.15. The highest BCUT2D eigenvalue weighted by Crippen LogP contribution is 2.29. The Morgan fingerprint density at radius 1 is 1.27 bits per heavy atom. The highest BCUT2D eigenvalue weighted by atomic mass is 127. The molecule has 0 aliphatic rings. The number of carbonyl (C=O) groups is 1. The Morgan fingerprint density at radius 3 is 2.59 bits per heavy atom. The standard InChI is InChI=1S/C15H12I2O5/c1-21-14-8(4-9(16)5-12(14)17)7-22-10-2-3-11(15(19)20)13(18)6-10/h2-6,18H,7H2,1H3,(H,19,20)/p-1. The van der Waals surface area contributed by atoms with Crippen molar-refractivity contribution in [3.8, 4) is 17.2 Å². The number of benzene rings is 2. The maximum Gasteiger partial charge on any atom is 0.335 e. The molecule has 2 aromatic carbocycles. The van der Waals surface area contributed by atoms with Crippen molar-refractivity contribution >= 4 is 51.2 Å². The van der Waals surface area contributed by atoms with E-state index in [2.05, 4.69) is 45.2 Å². The number of rotatable bonds is 5. The first-order valence-electron chi connectivity index (χ1n) is 6.11. The first kappa shape index (κ1) is 17.1. The van der Waals surface area contributed by atoms with Crippen molar-refractivity contribution in [2.45, 2.75) is 6.61 Å². The van der Waals surface area contributed by atoms with Crippen LogP contribution in [0.5, 0.6) is 17.2 Å². The van der Waals surface area contributed by atoms with E-state index in [-0.39, 0.29) is 12.2 Å². The van der Waals surface area contributed by atoms with Gasteiger partial charge in [-0.2, -0.15) is 0 Å². The highest BCUT2D eigenvalue weighted by Gasteiger charge is 2.10. The molecule has 0 heterocycles. The minimum absolute atomic E-state index is 0.224. The maximum atomic E-state index is 11.6. The van der Waals surface area contributed by atoms with Gasteiger partial charge < -0.3 is 19.7 Å². The van der Waals surface area contributed by atoms with Gasteiger partial charge in [-0.15, -0.1) is 0 Å². The molecule has 0 saturated carbocycles. The van der Waals surface area contributed by atoms with Crippen molar-refractivity contribution in [3.05, 3.63) is 48.6 Å². The first-order chi connectivity index (χ1) is 10.4. The summed E-state index contributed by atoms with van der Waals surface area (Å²) < 4.78 is 13.0. The van der Waals surface area contributed by atoms with Crippen LogP contribution in [-0.4, -0.2) is 18.2 Å². The third-order valence-electron chi connectivity index (χ3n) is 2.87. The fraction of sp³-hybridized carbons (Fsp3) is 0.133. The van der Waals surface area contributed by atoms with Gasteiger partial charge in [0, 0.05) is 9.13 Å². The van der Waals surface area contributed by atoms with Crippen LogP contribution in [-0.2, 0) is 6.61 Å². The Balaban J connectivity index is 2.20. The zero-order valence-electron chi connectivity index (χ0n) is 11.4. The molecule has 2 aromatic rings. The van der Waals surface area contributed by atoms with Crippen LogP contribution in [0.3, 0.4) is 0 Å². The van der Waals surface area contributed by atoms with Gasteiger partial charge in [0.1, 0.15) is 18.1 Å². The number of ether oxygens (including phenoxy) is 2. The molecule has 0 spiro atoms. The van der Waals surface area contributed by atoms with E-state index in [4.69, 9.17) is 14.6 Å². The van der Waals surface area contributed by atoms with E-state index >= 15 is 0 Å². The van der Waals surface area contributed by atoms with Gasteiger partial charge in [0.25, 0.3) is 0 Å². The van der Waals surface area contributed by atoms with Gasteiger partial charge in [0.15, 0.2) is 0 Å². The van der Waals surface area contributed by atoms with Crippen LogP contribution in [0.4, 0.5) is 0 Å². The van der Waals surface area contributed by atoms with Crippen LogP contribution in [0.1, 0.15) is 15.9 Å². The Bertz CT molecular complexity index is 715. The Kier molecular flexibility index (Phi) is 5.73. The molecule has 0 fully saturated rings. The van der Waals surface area contributed by atoms with Gasteiger partial charge in [-0.1, -0.05) is 5.75 Å². The highest BCUT2D eigenvalue weighted by molar-refractivity contribution is 14.1. The molecule has 0 radical (unpaired) electrons. The fourth-order valence-corrected chi connectivity index (χ4v) is 4.06. The average Bonchev–Trinajstić information content (AvgIpc) is 2.44. The molecule has 1 N–H and O–H groups in total. The van der Waals surface area contributed by atoms with Crippen molar-refractivity contribution in [2.24, 2.45) is 0 Å². The SMILES string of the molecule is COc1c(I)cc(I)cc1COc1ccc(C(=O)O)c([O-])c1. The summed E-state index contributed by atoms with van der Waals surface area (Å²) in [7, 11) is 1.59. The van der Waals surface area contributed by atoms with Gasteiger partial charge in [0.05, 0.1) is 16.2 Å². The average molecular weight is 525 g/mol. The molecule has 0 aromatic heterocycles. The van der Waals surface area contributed by atoms with Gasteiger partial charge in [-0.25, -0.2) is 4.79 Å². The summed E-state index contributed by atoms with van der Waals surface area (Å²) in [5.74, 6) is -0.768. The topological polar surface area (TPSA) is 78.8 Å². The van der Waals surface area contributed by atoms with Crippen molar-refractivity contribution < 1.29 is 24.5 Å². The molecule has 7 heteroatoms. The Labute approximate surface area is 154 Å². The predicted molar refractivity (Wildman–Crippen MR) is 95.6 cm³/mol. The monoisotopic (exact) mass is 525 g/mol. The molecule has 0 aliphatic carbocycles. The van der Waals surface area contributed by atoms with Gasteiger partial charge in [0.2, 0.25) is 0 Å². The molecule has 2 rings (SSSR count). The van der Waals surface area contributed by atoms with Crippen LogP contribution in [0.25, 0.3) is 0 Å². The Hall–Kier alpha value is -1.23. The lowest BCUT2D eigenvalue weighted by Crippen LogP contribution is -2.05. The van der Waals surface area contributed by atoms with Gasteiger partial charge >= 0.3 is 5.97 Å². The second kappa shape index (κ2) is 7.36. The number of halogens is 2. The number of hydrogen-bond donors (Lipinski definition) is 1. The van der Waals surface area contributed by atoms with Crippen LogP contribution >= 0.6 is 45.2 Å². The van der Waals surface area contributed by atoms with Gasteiger partial charge in [-0.05, 0) is 75.5 Å². The molecule has 0 saturated heterocycles. The minimum atomic E-state index is -1.25. The second-order valence-corrected chi connectivity index (χ2v) is 6.74. The van der Waals surface area contributed by atoms with E-state index < -0.39 is 11.7 Å². The van der Waals surface area contributed by atoms with E-state index in [1.807, 2.05) is 12.1 Å². The summed E-state index contributed by atoms with van der Waals surface area (Å²) in [4.78, 5) is 10.8. The van der Waals surface area contributed by atoms with E-state index in [1.165, 1.54) is 18.2 Å². The van der Waals surface area contributed by atoms with Crippen LogP contribution in [0, 0.1) is 7.14 Å². The van der Waals surface area contributed by atoms with Gasteiger partial charge in [-0.3, -0.25) is 0 Å². The fourth-order valence-electron chi connectivity index (χ4n) is 1.88. The summed E-state index contributed by atoms with van der Waals surface area (Å²) in [6, 6.07) is 7.81. The summed E-state index contributed by atoms with van der Waals surface area (Å²) >= 11 is 4.39. The molecular formula is C15H11I2O5-. The number of carboxylic acid groups (broad SMARTS) is 1. The maximum absolute atomic E-state index is 11.6. The van der Waals surface area contributed by atoms with Crippen molar-refractivity contribution in [1.29, 1.82) is 0 Å². The number of methoxy groups -OCH3 is 1. The largest absolute Gasteiger partial charge is 0.872 e. The summed E-state index contributed by atoms with van der Waals surface area (Å²) in [6.07, 6.45) is 0. The summed E-state index contributed by atoms with van der Waals surface area (Å²) in [5.41, 5.74) is 0.585. The smallest absolute Gasteiger partial charge is 0.335 e. The lowest BCUT2D eigenvalue weighted by molar-refractivity contribution is -0.268. The molecule has 0 bridgehead atoms. The molecule has 0 atom stereocenters. The third-order valence-corrected chi connectivity index (χ3v) is 4.29. The molecular weight excluding hydrogens is 514 g/mol. The molecule has 22 heavy (non-hydrogen) atoms. The van der Waals surface area contributed by atoms with Crippen LogP contribution < -0.4 is 14.6 Å². The summed E-state index contributed by atoms with van der Waals surface area (Å²) in [5, 5.41) is 20.5. The number of hydrogen-bond acceptors (Lipinski definition) is 4. The first-order valence-corrected chi connectivity index (χ1v) is 8.27. The predicted octanol–water partition coefficient (Wildman–Crippen LogP) is 3.26. The van der Waals surface area contributed by atoms with Crippen LogP contribution in [0.15, 0.2) is 30.3 Å². The van der Waals surface area contributed by atoms with E-state index in [0.717, 1.165) is 18.5 Å². The van der Waals surface area contributed by atoms with Crippen LogP contribution in [0.2, 0.25) is 0 Å². The minimum Gasteiger partial charge on any atom is -0.872 e. The molecule has 0 unspecified atom stereocenters. The zero-order valence-corrected chi connectivity index (χ0v) is 15.7. The van der Waals surface area contributed by atoms with E-state index in [0.29, 0.717) is 5.75 Å². The van der Waals surface area contributed by atoms with Crippen molar-refractivity contribution in [1.82, 2.24) is 0 Å². The lowest BCUT2D eigenvalue weighted by atomic mass is 10.2. The number of carboxylic acids is 1. The molecule has 0 amide bonds. The normalized spacial score (nSPS) is 10.3. The molecule has 5 nitrogen and oxygen atoms in total. The number of aromatic carboxylic acids is 1. The van der Waals surface area contributed by atoms with E-state index in [1.54, 1.807) is 7.11 Å². The summed E-state index contributed by atoms with van der Waals surface area (Å²) in [6.45, 7) is 0.224. The van der Waals surface area contributed by atoms with Crippen molar-refractivity contribution in [3.63, 3.8) is 0 Å². The van der Waals surface area contributed by atoms with E-state index in [9.17, 15) is 9.90 Å². The van der Waals surface area contributed by atoms with Crippen molar-refractivity contribution in [2.75, 3.05) is 7.11 Å². The molecule has 116 valence electrons. The second-order valence-electron chi connectivity index (χ2n) is 4.33. The quantitative estimate of drug-likeness (QED) is 0.607. The molecule has 0 aliphatic heterocycles. The zero-order chi connectivity index (χ0) is 16.3. The Morgan fingerprint density at radius 2 is 2.00 bits per heavy atom. The third kappa shape index (κ3) is 3.94.